The molecule has 1 aliphatic rings. The van der Waals surface area contributed by atoms with Crippen LogP contribution >= 0.6 is 0 Å². The zero-order chi connectivity index (χ0) is 20.3. The van der Waals surface area contributed by atoms with Crippen LogP contribution in [0.2, 0.25) is 0 Å². The number of hydrogen-bond acceptors (Lipinski definition) is 4. The molecule has 0 saturated carbocycles. The number of carbonyl (C=O) groups excluding carboxylic acids is 1. The van der Waals surface area contributed by atoms with Gasteiger partial charge in [0.25, 0.3) is 0 Å². The van der Waals surface area contributed by atoms with Crippen molar-refractivity contribution in [1.29, 1.82) is 0 Å². The summed E-state index contributed by atoms with van der Waals surface area (Å²) in [5.74, 6) is 1.53. The second-order valence-electron chi connectivity index (χ2n) is 7.78. The van der Waals surface area contributed by atoms with Crippen LogP contribution in [-0.4, -0.2) is 43.7 Å². The minimum absolute atomic E-state index is 0.144. The molecule has 1 heterocycles. The highest BCUT2D eigenvalue weighted by atomic mass is 16.5. The summed E-state index contributed by atoms with van der Waals surface area (Å²) in [6.45, 7) is 6.24. The van der Waals surface area contributed by atoms with E-state index in [0.717, 1.165) is 36.9 Å². The molecule has 1 saturated heterocycles. The lowest BCUT2D eigenvalue weighted by Gasteiger charge is -2.31. The monoisotopic (exact) mass is 395 g/mol. The number of likely N-dealkylation sites (tertiary alicyclic amines) is 1. The fourth-order valence-corrected chi connectivity index (χ4v) is 3.92. The maximum Gasteiger partial charge on any atom is 0.306 e. The Morgan fingerprint density at radius 3 is 2.55 bits per heavy atom. The van der Waals surface area contributed by atoms with E-state index in [2.05, 4.69) is 35.2 Å². The second-order valence-corrected chi connectivity index (χ2v) is 7.78. The van der Waals surface area contributed by atoms with Gasteiger partial charge in [0, 0.05) is 13.0 Å². The van der Waals surface area contributed by atoms with Crippen LogP contribution in [0.3, 0.4) is 0 Å². The van der Waals surface area contributed by atoms with Gasteiger partial charge in [-0.3, -0.25) is 9.69 Å². The van der Waals surface area contributed by atoms with Crippen LogP contribution in [0.15, 0.2) is 54.6 Å². The van der Waals surface area contributed by atoms with E-state index in [4.69, 9.17) is 9.47 Å². The number of carbonyl (C=O) groups is 1. The standard InChI is InChI=1S/C25H33NO3/c1-2-28-25(27)12-11-22-9-6-10-24(20-22)29-18-17-26-15-13-23(14-16-26)19-21-7-4-3-5-8-21/h3-10,20,23H,2,11-19H2,1H3. The van der Waals surface area contributed by atoms with E-state index < -0.39 is 0 Å². The maximum atomic E-state index is 11.5. The van der Waals surface area contributed by atoms with Gasteiger partial charge < -0.3 is 9.47 Å². The molecule has 1 aliphatic heterocycles. The third kappa shape index (κ3) is 7.54. The van der Waals surface area contributed by atoms with Crippen LogP contribution in [0.4, 0.5) is 0 Å². The van der Waals surface area contributed by atoms with Gasteiger partial charge in [0.2, 0.25) is 0 Å². The largest absolute Gasteiger partial charge is 0.492 e. The molecular formula is C25H33NO3. The summed E-state index contributed by atoms with van der Waals surface area (Å²) >= 11 is 0. The van der Waals surface area contributed by atoms with E-state index in [1.807, 2.05) is 31.2 Å². The number of ether oxygens (including phenoxy) is 2. The number of nitrogens with zero attached hydrogens (tertiary/aromatic N) is 1. The van der Waals surface area contributed by atoms with Gasteiger partial charge in [-0.15, -0.1) is 0 Å². The SMILES string of the molecule is CCOC(=O)CCc1cccc(OCCN2CCC(Cc3ccccc3)CC2)c1. The Morgan fingerprint density at radius 2 is 1.79 bits per heavy atom. The molecule has 0 unspecified atom stereocenters. The average Bonchev–Trinajstić information content (AvgIpc) is 2.75. The van der Waals surface area contributed by atoms with Crippen molar-refractivity contribution in [3.05, 3.63) is 65.7 Å². The Kier molecular flexibility index (Phi) is 8.57. The zero-order valence-corrected chi connectivity index (χ0v) is 17.5. The van der Waals surface area contributed by atoms with Crippen LogP contribution < -0.4 is 4.74 Å². The summed E-state index contributed by atoms with van der Waals surface area (Å²) in [6.07, 6.45) is 4.82. The van der Waals surface area contributed by atoms with Crippen molar-refractivity contribution in [2.75, 3.05) is 32.8 Å². The third-order valence-electron chi connectivity index (χ3n) is 5.57. The average molecular weight is 396 g/mol. The Bertz CT molecular complexity index is 739. The molecule has 0 aromatic heterocycles. The number of benzene rings is 2. The summed E-state index contributed by atoms with van der Waals surface area (Å²) in [5, 5.41) is 0. The van der Waals surface area contributed by atoms with Crippen molar-refractivity contribution in [3.63, 3.8) is 0 Å². The van der Waals surface area contributed by atoms with Crippen molar-refractivity contribution < 1.29 is 14.3 Å². The molecule has 156 valence electrons. The number of esters is 1. The Hall–Kier alpha value is -2.33. The van der Waals surface area contributed by atoms with E-state index in [0.29, 0.717) is 26.1 Å². The van der Waals surface area contributed by atoms with Crippen molar-refractivity contribution >= 4 is 5.97 Å². The molecule has 4 heteroatoms. The smallest absolute Gasteiger partial charge is 0.306 e. The highest BCUT2D eigenvalue weighted by Gasteiger charge is 2.19. The molecule has 2 aromatic carbocycles. The Balaban J connectivity index is 1.34. The summed E-state index contributed by atoms with van der Waals surface area (Å²) in [4.78, 5) is 14.0. The molecule has 0 bridgehead atoms. The molecule has 2 aromatic rings. The fraction of sp³-hybridized carbons (Fsp3) is 0.480. The molecule has 4 nitrogen and oxygen atoms in total. The van der Waals surface area contributed by atoms with Crippen molar-refractivity contribution in [2.24, 2.45) is 5.92 Å². The molecule has 0 atom stereocenters. The lowest BCUT2D eigenvalue weighted by molar-refractivity contribution is -0.143. The molecule has 0 aliphatic carbocycles. The Labute approximate surface area is 174 Å². The Morgan fingerprint density at radius 1 is 1.03 bits per heavy atom. The fourth-order valence-electron chi connectivity index (χ4n) is 3.92. The molecule has 29 heavy (non-hydrogen) atoms. The number of hydrogen-bond donors (Lipinski definition) is 0. The minimum atomic E-state index is -0.144. The van der Waals surface area contributed by atoms with E-state index in [-0.39, 0.29) is 5.97 Å². The molecule has 0 radical (unpaired) electrons. The van der Waals surface area contributed by atoms with Crippen LogP contribution in [-0.2, 0) is 22.4 Å². The first-order valence-electron chi connectivity index (χ1n) is 10.9. The van der Waals surface area contributed by atoms with Crippen LogP contribution in [0.25, 0.3) is 0 Å². The lowest BCUT2D eigenvalue weighted by atomic mass is 9.90. The number of piperidine rings is 1. The van der Waals surface area contributed by atoms with Gasteiger partial charge >= 0.3 is 5.97 Å². The molecule has 0 amide bonds. The molecular weight excluding hydrogens is 362 g/mol. The number of rotatable bonds is 10. The van der Waals surface area contributed by atoms with Gasteiger partial charge in [-0.05, 0) is 74.9 Å². The lowest BCUT2D eigenvalue weighted by Crippen LogP contribution is -2.37. The summed E-state index contributed by atoms with van der Waals surface area (Å²) in [6, 6.07) is 18.9. The van der Waals surface area contributed by atoms with Gasteiger partial charge in [0.05, 0.1) is 6.61 Å². The normalized spacial score (nSPS) is 15.2. The number of aryl methyl sites for hydroxylation is 1. The predicted octanol–water partition coefficient (Wildman–Crippen LogP) is 4.52. The predicted molar refractivity (Wildman–Crippen MR) is 116 cm³/mol. The first-order valence-corrected chi connectivity index (χ1v) is 10.9. The highest BCUT2D eigenvalue weighted by Crippen LogP contribution is 2.21. The van der Waals surface area contributed by atoms with Crippen molar-refractivity contribution in [1.82, 2.24) is 4.90 Å². The quantitative estimate of drug-likeness (QED) is 0.555. The summed E-state index contributed by atoms with van der Waals surface area (Å²) in [7, 11) is 0. The summed E-state index contributed by atoms with van der Waals surface area (Å²) < 4.78 is 11.0. The zero-order valence-electron chi connectivity index (χ0n) is 17.5. The van der Waals surface area contributed by atoms with E-state index in [1.165, 1.54) is 24.8 Å². The molecule has 0 spiro atoms. The second kappa shape index (κ2) is 11.6. The van der Waals surface area contributed by atoms with Gasteiger partial charge in [0.1, 0.15) is 12.4 Å². The van der Waals surface area contributed by atoms with E-state index >= 15 is 0 Å². The molecule has 3 rings (SSSR count). The van der Waals surface area contributed by atoms with Crippen LogP contribution in [0, 0.1) is 5.92 Å². The highest BCUT2D eigenvalue weighted by molar-refractivity contribution is 5.69. The molecule has 0 N–H and O–H groups in total. The van der Waals surface area contributed by atoms with Gasteiger partial charge in [-0.1, -0.05) is 42.5 Å². The van der Waals surface area contributed by atoms with Crippen LogP contribution in [0.1, 0.15) is 37.3 Å². The van der Waals surface area contributed by atoms with Gasteiger partial charge in [0.15, 0.2) is 0 Å². The molecule has 1 fully saturated rings. The van der Waals surface area contributed by atoms with Crippen LogP contribution in [0.5, 0.6) is 5.75 Å². The van der Waals surface area contributed by atoms with E-state index in [1.54, 1.807) is 0 Å². The summed E-state index contributed by atoms with van der Waals surface area (Å²) in [5.41, 5.74) is 2.56. The van der Waals surface area contributed by atoms with Gasteiger partial charge in [-0.25, -0.2) is 0 Å². The van der Waals surface area contributed by atoms with Crippen molar-refractivity contribution in [2.45, 2.75) is 39.0 Å². The minimum Gasteiger partial charge on any atom is -0.492 e. The maximum absolute atomic E-state index is 11.5. The van der Waals surface area contributed by atoms with Crippen molar-refractivity contribution in [3.8, 4) is 5.75 Å². The first-order chi connectivity index (χ1) is 14.2. The first kappa shape index (κ1) is 21.4. The van der Waals surface area contributed by atoms with E-state index in [9.17, 15) is 4.79 Å². The third-order valence-corrected chi connectivity index (χ3v) is 5.57. The topological polar surface area (TPSA) is 38.8 Å². The van der Waals surface area contributed by atoms with Gasteiger partial charge in [-0.2, -0.15) is 0 Å².